The highest BCUT2D eigenvalue weighted by Crippen LogP contribution is 2.24. The molecule has 0 aromatic heterocycles. The predicted molar refractivity (Wildman–Crippen MR) is 61.5 cm³/mol. The van der Waals surface area contributed by atoms with Gasteiger partial charge in [-0.05, 0) is 13.0 Å². The van der Waals surface area contributed by atoms with E-state index in [0.717, 1.165) is 12.8 Å². The van der Waals surface area contributed by atoms with Gasteiger partial charge in [0.2, 0.25) is 0 Å². The van der Waals surface area contributed by atoms with Gasteiger partial charge < -0.3 is 5.32 Å². The van der Waals surface area contributed by atoms with E-state index in [1.54, 1.807) is 0 Å². The monoisotopic (exact) mass is 295 g/mol. The van der Waals surface area contributed by atoms with E-state index in [1.165, 1.54) is 0 Å². The second-order valence-electron chi connectivity index (χ2n) is 3.40. The van der Waals surface area contributed by atoms with Crippen LogP contribution in [0.1, 0.15) is 19.8 Å². The number of thiol groups is 1. The highest BCUT2D eigenvalue weighted by atomic mass is 32.2. The maximum Gasteiger partial charge on any atom is 0.523 e. The van der Waals surface area contributed by atoms with E-state index >= 15 is 0 Å². The van der Waals surface area contributed by atoms with Gasteiger partial charge in [0.1, 0.15) is 0 Å². The molecule has 0 aliphatic rings. The van der Waals surface area contributed by atoms with Gasteiger partial charge >= 0.3 is 15.6 Å². The van der Waals surface area contributed by atoms with Crippen molar-refractivity contribution in [2.45, 2.75) is 30.5 Å². The first-order chi connectivity index (χ1) is 7.70. The first-order valence-electron chi connectivity index (χ1n) is 5.05. The first-order valence-corrected chi connectivity index (χ1v) is 6.97. The van der Waals surface area contributed by atoms with Crippen LogP contribution in [-0.2, 0) is 14.3 Å². The summed E-state index contributed by atoms with van der Waals surface area (Å²) in [6.45, 7) is 2.39. The second-order valence-corrected chi connectivity index (χ2v) is 5.73. The summed E-state index contributed by atoms with van der Waals surface area (Å²) < 4.78 is 60.6. The molecular weight excluding hydrogens is 279 g/mol. The van der Waals surface area contributed by atoms with Gasteiger partial charge in [-0.15, -0.1) is 0 Å². The molecule has 104 valence electrons. The fraction of sp³-hybridized carbons (Fsp3) is 1.00. The molecule has 4 nitrogen and oxygen atoms in total. The Morgan fingerprint density at radius 1 is 1.41 bits per heavy atom. The number of nitrogens with one attached hydrogen (secondary N) is 1. The van der Waals surface area contributed by atoms with Gasteiger partial charge in [-0.2, -0.15) is 34.2 Å². The quantitative estimate of drug-likeness (QED) is 0.309. The molecule has 0 rings (SSSR count). The van der Waals surface area contributed by atoms with Crippen LogP contribution in [0, 0.1) is 0 Å². The van der Waals surface area contributed by atoms with Crippen molar-refractivity contribution in [1.82, 2.24) is 5.32 Å². The van der Waals surface area contributed by atoms with Crippen LogP contribution in [-0.4, -0.2) is 38.9 Å². The van der Waals surface area contributed by atoms with Crippen LogP contribution in [0.15, 0.2) is 0 Å². The summed E-state index contributed by atoms with van der Waals surface area (Å²) in [4.78, 5) is 0. The zero-order valence-corrected chi connectivity index (χ0v) is 11.0. The highest BCUT2D eigenvalue weighted by molar-refractivity contribution is 7.87. The van der Waals surface area contributed by atoms with E-state index < -0.39 is 27.5 Å². The number of rotatable bonds is 8. The molecule has 0 aromatic carbocycles. The zero-order valence-electron chi connectivity index (χ0n) is 9.33. The highest BCUT2D eigenvalue weighted by Gasteiger charge is 2.47. The van der Waals surface area contributed by atoms with Crippen LogP contribution in [0.5, 0.6) is 0 Å². The lowest BCUT2D eigenvalue weighted by Gasteiger charge is -2.13. The van der Waals surface area contributed by atoms with Crippen molar-refractivity contribution in [3.63, 3.8) is 0 Å². The molecule has 0 bridgehead atoms. The predicted octanol–water partition coefficient (Wildman–Crippen LogP) is 1.54. The number of halogens is 3. The fourth-order valence-corrected chi connectivity index (χ4v) is 1.65. The molecule has 0 unspecified atom stereocenters. The Balaban J connectivity index is 3.88. The van der Waals surface area contributed by atoms with E-state index in [1.807, 2.05) is 6.92 Å². The van der Waals surface area contributed by atoms with Crippen LogP contribution in [0.25, 0.3) is 0 Å². The summed E-state index contributed by atoms with van der Waals surface area (Å²) in [5, 5.41) is 2.32. The van der Waals surface area contributed by atoms with Gasteiger partial charge in [0, 0.05) is 11.8 Å². The molecule has 0 heterocycles. The van der Waals surface area contributed by atoms with E-state index in [9.17, 15) is 21.6 Å². The number of unbranched alkanes of at least 4 members (excludes halogenated alkanes) is 1. The normalized spacial score (nSPS) is 14.9. The summed E-state index contributed by atoms with van der Waals surface area (Å²) in [6.07, 6.45) is 1.92. The Hall–Kier alpha value is 0.01000. The van der Waals surface area contributed by atoms with Gasteiger partial charge in [-0.3, -0.25) is 4.18 Å². The number of hydrogen-bond acceptors (Lipinski definition) is 5. The Labute approximate surface area is 104 Å². The molecule has 0 saturated carbocycles. The zero-order chi connectivity index (χ0) is 13.5. The van der Waals surface area contributed by atoms with Crippen molar-refractivity contribution in [3.8, 4) is 0 Å². The molecule has 0 aliphatic heterocycles. The Morgan fingerprint density at radius 2 is 2.00 bits per heavy atom. The van der Waals surface area contributed by atoms with E-state index in [-0.39, 0.29) is 6.54 Å². The molecule has 9 heteroatoms. The maximum atomic E-state index is 11.9. The minimum atomic E-state index is -5.50. The molecule has 17 heavy (non-hydrogen) atoms. The average molecular weight is 295 g/mol. The maximum absolute atomic E-state index is 11.9. The van der Waals surface area contributed by atoms with Gasteiger partial charge in [-0.25, -0.2) is 0 Å². The van der Waals surface area contributed by atoms with Gasteiger partial charge in [0.25, 0.3) is 0 Å². The molecule has 0 aromatic rings. The molecule has 0 amide bonds. The smallest absolute Gasteiger partial charge is 0.316 e. The minimum Gasteiger partial charge on any atom is -0.316 e. The summed E-state index contributed by atoms with van der Waals surface area (Å²) in [5.74, 6) is 0. The largest absolute Gasteiger partial charge is 0.523 e. The van der Waals surface area contributed by atoms with Gasteiger partial charge in [-0.1, -0.05) is 13.3 Å². The van der Waals surface area contributed by atoms with Crippen molar-refractivity contribution in [2.75, 3.05) is 19.7 Å². The fourth-order valence-electron chi connectivity index (χ4n) is 0.864. The standard InChI is InChI=1S/C8H16F3NO3S2/c1-2-3-4-12-5-7(16)6-15-17(13,14)8(9,10)11/h7,12,16H,2-6H2,1H3/t7-/m0/s1. The molecule has 0 aliphatic carbocycles. The van der Waals surface area contributed by atoms with E-state index in [4.69, 9.17) is 0 Å². The Morgan fingerprint density at radius 3 is 2.47 bits per heavy atom. The van der Waals surface area contributed by atoms with Gasteiger partial charge in [0.05, 0.1) is 6.61 Å². The van der Waals surface area contributed by atoms with Crippen molar-refractivity contribution in [1.29, 1.82) is 0 Å². The van der Waals surface area contributed by atoms with E-state index in [0.29, 0.717) is 6.54 Å². The third kappa shape index (κ3) is 7.12. The van der Waals surface area contributed by atoms with Gasteiger partial charge in [0.15, 0.2) is 0 Å². The lowest BCUT2D eigenvalue weighted by molar-refractivity contribution is -0.0541. The second kappa shape index (κ2) is 7.45. The molecule has 0 saturated heterocycles. The molecule has 1 atom stereocenters. The third-order valence-electron chi connectivity index (χ3n) is 1.79. The van der Waals surface area contributed by atoms with Crippen LogP contribution in [0.4, 0.5) is 13.2 Å². The van der Waals surface area contributed by atoms with Crippen molar-refractivity contribution >= 4 is 22.7 Å². The number of alkyl halides is 3. The van der Waals surface area contributed by atoms with Crippen LogP contribution in [0.3, 0.4) is 0 Å². The first kappa shape index (κ1) is 17.0. The Kier molecular flexibility index (Phi) is 7.45. The topological polar surface area (TPSA) is 55.4 Å². The summed E-state index contributed by atoms with van der Waals surface area (Å²) >= 11 is 3.92. The summed E-state index contributed by atoms with van der Waals surface area (Å²) in [7, 11) is -5.50. The van der Waals surface area contributed by atoms with Crippen LogP contribution < -0.4 is 5.32 Å². The van der Waals surface area contributed by atoms with Crippen molar-refractivity contribution in [2.24, 2.45) is 0 Å². The summed E-state index contributed by atoms with van der Waals surface area (Å²) in [6, 6.07) is 0. The molecule has 0 radical (unpaired) electrons. The van der Waals surface area contributed by atoms with Crippen molar-refractivity contribution in [3.05, 3.63) is 0 Å². The van der Waals surface area contributed by atoms with Crippen LogP contribution in [0.2, 0.25) is 0 Å². The summed E-state index contributed by atoms with van der Waals surface area (Å²) in [5.41, 5.74) is -5.38. The number of hydrogen-bond donors (Lipinski definition) is 2. The molecule has 0 fully saturated rings. The average Bonchev–Trinajstić information content (AvgIpc) is 2.20. The lowest BCUT2D eigenvalue weighted by Crippen LogP contribution is -2.32. The SMILES string of the molecule is CCCCNC[C@H](S)COS(=O)(=O)C(F)(F)F. The molecule has 1 N–H and O–H groups in total. The minimum absolute atomic E-state index is 0.288. The molecule has 0 spiro atoms. The van der Waals surface area contributed by atoms with Crippen molar-refractivity contribution < 1.29 is 25.8 Å². The molecular formula is C8H16F3NO3S2. The Bertz CT molecular complexity index is 306. The third-order valence-corrected chi connectivity index (χ3v) is 3.13. The van der Waals surface area contributed by atoms with E-state index in [2.05, 4.69) is 22.1 Å². The lowest BCUT2D eigenvalue weighted by atomic mass is 10.3. The van der Waals surface area contributed by atoms with Crippen LogP contribution >= 0.6 is 12.6 Å².